The summed E-state index contributed by atoms with van der Waals surface area (Å²) in [5.41, 5.74) is 2.09. The lowest BCUT2D eigenvalue weighted by molar-refractivity contribution is 0.281. The van der Waals surface area contributed by atoms with Crippen LogP contribution >= 0.6 is 31.9 Å². The van der Waals surface area contributed by atoms with Crippen molar-refractivity contribution in [1.29, 1.82) is 0 Å². The Morgan fingerprint density at radius 3 is 2.16 bits per heavy atom. The molecule has 0 unspecified atom stereocenters. The third kappa shape index (κ3) is 4.06. The van der Waals surface area contributed by atoms with Crippen molar-refractivity contribution in [3.05, 3.63) is 62.5 Å². The summed E-state index contributed by atoms with van der Waals surface area (Å²) in [4.78, 5) is 0. The van der Waals surface area contributed by atoms with Crippen LogP contribution in [0.1, 0.15) is 11.1 Å². The van der Waals surface area contributed by atoms with Gasteiger partial charge in [-0.1, -0.05) is 30.3 Å². The van der Waals surface area contributed by atoms with Crippen LogP contribution in [0.3, 0.4) is 0 Å². The van der Waals surface area contributed by atoms with Crippen molar-refractivity contribution in [2.45, 2.75) is 13.0 Å². The van der Waals surface area contributed by atoms with Crippen molar-refractivity contribution in [3.8, 4) is 5.75 Å². The van der Waals surface area contributed by atoms with E-state index < -0.39 is 0 Å². The molecular formula is C15H14Br2O2. The summed E-state index contributed by atoms with van der Waals surface area (Å²) in [6.45, 7) is 0.626. The Hall–Kier alpha value is -0.840. The van der Waals surface area contributed by atoms with Crippen molar-refractivity contribution >= 4 is 31.9 Å². The van der Waals surface area contributed by atoms with E-state index >= 15 is 0 Å². The fourth-order valence-corrected chi connectivity index (χ4v) is 3.27. The highest BCUT2D eigenvalue weighted by Gasteiger charge is 2.08. The Labute approximate surface area is 129 Å². The van der Waals surface area contributed by atoms with E-state index in [1.54, 1.807) is 0 Å². The van der Waals surface area contributed by atoms with Gasteiger partial charge in [0.1, 0.15) is 5.75 Å². The first-order valence-corrected chi connectivity index (χ1v) is 7.55. The van der Waals surface area contributed by atoms with Crippen molar-refractivity contribution in [2.24, 2.45) is 0 Å². The normalized spacial score (nSPS) is 10.5. The Morgan fingerprint density at radius 2 is 1.58 bits per heavy atom. The van der Waals surface area contributed by atoms with E-state index in [1.165, 1.54) is 5.56 Å². The van der Waals surface area contributed by atoms with Crippen LogP contribution in [-0.2, 0) is 13.0 Å². The van der Waals surface area contributed by atoms with Gasteiger partial charge >= 0.3 is 0 Å². The van der Waals surface area contributed by atoms with Gasteiger partial charge in [-0.15, -0.1) is 0 Å². The molecule has 0 amide bonds. The molecule has 0 saturated carbocycles. The molecule has 0 bridgehead atoms. The summed E-state index contributed by atoms with van der Waals surface area (Å²) < 4.78 is 7.49. The average molecular weight is 386 g/mol. The van der Waals surface area contributed by atoms with E-state index in [2.05, 4.69) is 44.0 Å². The van der Waals surface area contributed by atoms with E-state index in [0.717, 1.165) is 26.7 Å². The number of hydrogen-bond donors (Lipinski definition) is 1. The van der Waals surface area contributed by atoms with Gasteiger partial charge in [0.25, 0.3) is 0 Å². The predicted molar refractivity (Wildman–Crippen MR) is 83.4 cm³/mol. The van der Waals surface area contributed by atoms with Gasteiger partial charge < -0.3 is 9.84 Å². The molecule has 0 aliphatic rings. The number of aliphatic hydroxyl groups excluding tert-OH is 1. The molecule has 2 nitrogen and oxygen atoms in total. The van der Waals surface area contributed by atoms with Gasteiger partial charge in [0.2, 0.25) is 0 Å². The highest BCUT2D eigenvalue weighted by Crippen LogP contribution is 2.34. The van der Waals surface area contributed by atoms with Gasteiger partial charge in [-0.3, -0.25) is 0 Å². The number of ether oxygens (including phenoxy) is 1. The fraction of sp³-hybridized carbons (Fsp3) is 0.200. The van der Waals surface area contributed by atoms with Crippen molar-refractivity contribution in [2.75, 3.05) is 6.61 Å². The van der Waals surface area contributed by atoms with Crippen molar-refractivity contribution < 1.29 is 9.84 Å². The molecule has 1 N–H and O–H groups in total. The van der Waals surface area contributed by atoms with Gasteiger partial charge in [-0.05, 0) is 55.1 Å². The second-order valence-corrected chi connectivity index (χ2v) is 5.84. The second-order valence-electron chi connectivity index (χ2n) is 4.13. The van der Waals surface area contributed by atoms with E-state index in [0.29, 0.717) is 6.61 Å². The minimum Gasteiger partial charge on any atom is -0.491 e. The Bertz CT molecular complexity index is 518. The Kier molecular flexibility index (Phi) is 5.43. The summed E-state index contributed by atoms with van der Waals surface area (Å²) >= 11 is 6.92. The molecule has 2 aromatic rings. The average Bonchev–Trinajstić information content (AvgIpc) is 2.42. The number of halogens is 2. The zero-order valence-corrected chi connectivity index (χ0v) is 13.4. The molecule has 0 fully saturated rings. The smallest absolute Gasteiger partial charge is 0.147 e. The van der Waals surface area contributed by atoms with Crippen molar-refractivity contribution in [1.82, 2.24) is 0 Å². The lowest BCUT2D eigenvalue weighted by Crippen LogP contribution is -2.02. The SMILES string of the molecule is OCc1cc(Br)c(OCCc2ccccc2)c(Br)c1. The summed E-state index contributed by atoms with van der Waals surface area (Å²) in [6.07, 6.45) is 0.863. The maximum absolute atomic E-state index is 9.12. The summed E-state index contributed by atoms with van der Waals surface area (Å²) in [7, 11) is 0. The highest BCUT2D eigenvalue weighted by atomic mass is 79.9. The van der Waals surface area contributed by atoms with E-state index in [9.17, 15) is 0 Å². The number of benzene rings is 2. The van der Waals surface area contributed by atoms with Crippen LogP contribution in [-0.4, -0.2) is 11.7 Å². The lowest BCUT2D eigenvalue weighted by atomic mass is 10.2. The van der Waals surface area contributed by atoms with Gasteiger partial charge in [0.05, 0.1) is 22.2 Å². The minimum absolute atomic E-state index is 0.0154. The molecule has 0 aliphatic carbocycles. The molecule has 0 aliphatic heterocycles. The number of hydrogen-bond acceptors (Lipinski definition) is 2. The first-order chi connectivity index (χ1) is 9.20. The molecular weight excluding hydrogens is 372 g/mol. The summed E-state index contributed by atoms with van der Waals surface area (Å²) in [5, 5.41) is 9.12. The predicted octanol–water partition coefficient (Wildman–Crippen LogP) is 4.33. The second kappa shape index (κ2) is 7.08. The molecule has 0 atom stereocenters. The monoisotopic (exact) mass is 384 g/mol. The molecule has 0 saturated heterocycles. The van der Waals surface area contributed by atoms with Crippen molar-refractivity contribution in [3.63, 3.8) is 0 Å². The molecule has 2 rings (SSSR count). The van der Waals surface area contributed by atoms with Crippen LogP contribution in [0.5, 0.6) is 5.75 Å². The molecule has 100 valence electrons. The number of rotatable bonds is 5. The van der Waals surface area contributed by atoms with Gasteiger partial charge in [-0.25, -0.2) is 0 Å². The Balaban J connectivity index is 2.00. The highest BCUT2D eigenvalue weighted by molar-refractivity contribution is 9.11. The maximum Gasteiger partial charge on any atom is 0.147 e. The zero-order chi connectivity index (χ0) is 13.7. The summed E-state index contributed by atoms with van der Waals surface area (Å²) in [5.74, 6) is 0.771. The molecule has 0 aromatic heterocycles. The van der Waals surface area contributed by atoms with E-state index in [1.807, 2.05) is 30.3 Å². The van der Waals surface area contributed by atoms with E-state index in [4.69, 9.17) is 9.84 Å². The van der Waals surface area contributed by atoms with Crippen LogP contribution in [0.4, 0.5) is 0 Å². The molecule has 19 heavy (non-hydrogen) atoms. The first kappa shape index (κ1) is 14.6. The van der Waals surface area contributed by atoms with Crippen LogP contribution in [0.15, 0.2) is 51.4 Å². The fourth-order valence-electron chi connectivity index (χ4n) is 1.76. The lowest BCUT2D eigenvalue weighted by Gasteiger charge is -2.11. The van der Waals surface area contributed by atoms with Crippen LogP contribution in [0, 0.1) is 0 Å². The molecule has 4 heteroatoms. The quantitative estimate of drug-likeness (QED) is 0.830. The van der Waals surface area contributed by atoms with Gasteiger partial charge in [0, 0.05) is 6.42 Å². The van der Waals surface area contributed by atoms with Gasteiger partial charge in [0.15, 0.2) is 0 Å². The standard InChI is InChI=1S/C15H14Br2O2/c16-13-8-12(10-18)9-14(17)15(13)19-7-6-11-4-2-1-3-5-11/h1-5,8-9,18H,6-7,10H2. The van der Waals surface area contributed by atoms with Crippen LogP contribution in [0.2, 0.25) is 0 Å². The molecule has 0 spiro atoms. The minimum atomic E-state index is 0.0154. The van der Waals surface area contributed by atoms with Crippen LogP contribution in [0.25, 0.3) is 0 Å². The summed E-state index contributed by atoms with van der Waals surface area (Å²) in [6, 6.07) is 14.0. The first-order valence-electron chi connectivity index (χ1n) is 5.96. The molecule has 2 aromatic carbocycles. The molecule has 0 radical (unpaired) electrons. The van der Waals surface area contributed by atoms with Gasteiger partial charge in [-0.2, -0.15) is 0 Å². The van der Waals surface area contributed by atoms with Crippen LogP contribution < -0.4 is 4.74 Å². The van der Waals surface area contributed by atoms with E-state index in [-0.39, 0.29) is 6.61 Å². The topological polar surface area (TPSA) is 29.5 Å². The third-order valence-electron chi connectivity index (χ3n) is 2.72. The maximum atomic E-state index is 9.12. The third-order valence-corrected chi connectivity index (χ3v) is 3.90. The zero-order valence-electron chi connectivity index (χ0n) is 10.3. The largest absolute Gasteiger partial charge is 0.491 e. The molecule has 0 heterocycles. The number of aliphatic hydroxyl groups is 1. The Morgan fingerprint density at radius 1 is 0.947 bits per heavy atom.